The molecule has 0 bridgehead atoms. The zero-order valence-electron chi connectivity index (χ0n) is 34.1. The maximum atomic E-state index is 14.2. The van der Waals surface area contributed by atoms with Crippen LogP contribution >= 0.6 is 0 Å². The van der Waals surface area contributed by atoms with Crippen LogP contribution in [0.15, 0.2) is 130 Å². The molecule has 2 aromatic heterocycles. The van der Waals surface area contributed by atoms with Crippen LogP contribution in [0.2, 0.25) is 0 Å². The first-order chi connectivity index (χ1) is 29.8. The molecule has 0 spiro atoms. The minimum absolute atomic E-state index is 0.0513. The third-order valence-electron chi connectivity index (χ3n) is 10.6. The average Bonchev–Trinajstić information content (AvgIpc) is 3.27. The van der Waals surface area contributed by atoms with Crippen LogP contribution < -0.4 is 32.0 Å². The molecule has 5 aromatic carbocycles. The highest BCUT2D eigenvalue weighted by atomic mass is 32.2. The average molecular weight is 855 g/mol. The first-order valence-corrected chi connectivity index (χ1v) is 21.4. The number of anilines is 3. The first kappa shape index (κ1) is 43.0. The normalized spacial score (nSPS) is 12.0. The van der Waals surface area contributed by atoms with Gasteiger partial charge in [0.25, 0.3) is 11.8 Å². The van der Waals surface area contributed by atoms with Crippen LogP contribution in [0.25, 0.3) is 21.8 Å². The van der Waals surface area contributed by atoms with Gasteiger partial charge in [-0.05, 0) is 116 Å². The number of phenols is 1. The number of unbranched alkanes of at least 4 members (excludes halogenated alkanes) is 2. The zero-order valence-corrected chi connectivity index (χ0v) is 34.9. The number of carbonyl (C=O) groups excluding carboxylic acids is 2. The number of hydrogen-bond acceptors (Lipinski definition) is 11. The largest absolute Gasteiger partial charge is 0.506 e. The molecule has 7 aromatic rings. The van der Waals surface area contributed by atoms with Gasteiger partial charge in [0.1, 0.15) is 11.5 Å². The highest BCUT2D eigenvalue weighted by Gasteiger charge is 2.24. The van der Waals surface area contributed by atoms with Crippen LogP contribution in [0.1, 0.15) is 62.8 Å². The van der Waals surface area contributed by atoms with Crippen molar-refractivity contribution < 1.29 is 33.0 Å². The minimum atomic E-state index is -4.17. The van der Waals surface area contributed by atoms with E-state index in [0.717, 1.165) is 31.2 Å². The number of pyridine rings is 2. The van der Waals surface area contributed by atoms with Gasteiger partial charge in [0, 0.05) is 52.6 Å². The second kappa shape index (κ2) is 18.7. The summed E-state index contributed by atoms with van der Waals surface area (Å²) in [4.78, 5) is 44.5. The summed E-state index contributed by atoms with van der Waals surface area (Å²) in [5.74, 6) is -0.703. The number of aliphatic hydroxyl groups excluding tert-OH is 1. The van der Waals surface area contributed by atoms with E-state index in [-0.39, 0.29) is 32.2 Å². The van der Waals surface area contributed by atoms with Crippen LogP contribution in [-0.4, -0.2) is 60.6 Å². The summed E-state index contributed by atoms with van der Waals surface area (Å²) in [5.41, 5.74) is 10.1. The Bertz CT molecular complexity index is 2970. The van der Waals surface area contributed by atoms with E-state index in [1.165, 1.54) is 55.8 Å². The molecule has 0 aliphatic carbocycles. The van der Waals surface area contributed by atoms with Gasteiger partial charge >= 0.3 is 0 Å². The number of benzene rings is 5. The molecule has 1 atom stereocenters. The van der Waals surface area contributed by atoms with Crippen LogP contribution in [0, 0.1) is 6.92 Å². The number of nitrogens with zero attached hydrogens (tertiary/aromatic N) is 1. The van der Waals surface area contributed by atoms with Crippen LogP contribution in [-0.2, 0) is 16.3 Å². The van der Waals surface area contributed by atoms with Gasteiger partial charge in [-0.2, -0.15) is 0 Å². The molecule has 0 fully saturated rings. The molecule has 14 nitrogen and oxygen atoms in total. The summed E-state index contributed by atoms with van der Waals surface area (Å²) in [6, 6.07) is 29.4. The number of aliphatic hydroxyl groups is 1. The molecule has 0 radical (unpaired) electrons. The Kier molecular flexibility index (Phi) is 13.0. The molecular formula is C47H46N6O8S. The molecule has 0 aliphatic heterocycles. The smallest absolute Gasteiger partial charge is 0.255 e. The van der Waals surface area contributed by atoms with E-state index in [0.29, 0.717) is 68.8 Å². The predicted molar refractivity (Wildman–Crippen MR) is 239 cm³/mol. The van der Waals surface area contributed by atoms with Gasteiger partial charge in [-0.1, -0.05) is 36.8 Å². The SMILES string of the molecule is COc1cccc(Nc2c(C(N)=O)cnc3c(C)cc(S(=O)(=O)c4cccc(C(=O)Nc5ccc(CCCCCNCC(O)c6ccc(O)c7[nH]c(=O)ccc67)cc5)c4)cc23)c1. The lowest BCUT2D eigenvalue weighted by molar-refractivity contribution is 0.0998. The number of methoxy groups -OCH3 is 1. The Morgan fingerprint density at radius 3 is 2.44 bits per heavy atom. The standard InChI is InChI=1S/C47H46N6O8S/c1-28-22-35(25-38-43(28)50-26-39(46(48)57)44(38)51-32-10-7-11-33(24-32)61-2)62(59,60)34-12-6-9-30(23-34)47(58)52-31-15-13-29(14-16-31)8-4-3-5-21-49-27-41(55)36-17-19-40(54)45-37(36)18-20-42(56)53-45/h6-7,9-20,22-26,41,49,54-55H,3-5,8,21,27H2,1-2H3,(H2,48,57)(H,50,51)(H,52,58)(H,53,56). The maximum absolute atomic E-state index is 14.2. The monoisotopic (exact) mass is 854 g/mol. The summed E-state index contributed by atoms with van der Waals surface area (Å²) in [6.07, 6.45) is 4.17. The number of H-pyrrole nitrogens is 1. The predicted octanol–water partition coefficient (Wildman–Crippen LogP) is 7.06. The number of fused-ring (bicyclic) bond motifs is 2. The number of nitrogens with two attached hydrogens (primary N) is 1. The number of rotatable bonds is 17. The summed E-state index contributed by atoms with van der Waals surface area (Å²) in [6.45, 7) is 2.75. The lowest BCUT2D eigenvalue weighted by atomic mass is 10.0. The number of nitrogens with one attached hydrogen (secondary N) is 4. The highest BCUT2D eigenvalue weighted by Crippen LogP contribution is 2.35. The molecule has 0 aliphatic rings. The van der Waals surface area contributed by atoms with Crippen molar-refractivity contribution in [3.8, 4) is 11.5 Å². The summed E-state index contributed by atoms with van der Waals surface area (Å²) in [7, 11) is -2.63. The number of ether oxygens (including phenoxy) is 1. The third kappa shape index (κ3) is 9.60. The number of amides is 2. The van der Waals surface area contributed by atoms with E-state index >= 15 is 0 Å². The Hall–Kier alpha value is -7.07. The van der Waals surface area contributed by atoms with E-state index in [1.807, 2.05) is 24.3 Å². The van der Waals surface area contributed by atoms with Gasteiger partial charge in [0.15, 0.2) is 0 Å². The van der Waals surface area contributed by atoms with Crippen molar-refractivity contribution in [2.75, 3.05) is 30.8 Å². The number of primary amides is 1. The fourth-order valence-electron chi connectivity index (χ4n) is 7.32. The fraction of sp³-hybridized carbons (Fsp3) is 0.191. The number of aromatic amines is 1. The highest BCUT2D eigenvalue weighted by molar-refractivity contribution is 7.91. The van der Waals surface area contributed by atoms with Gasteiger partial charge in [0.2, 0.25) is 15.4 Å². The van der Waals surface area contributed by atoms with Crippen LogP contribution in [0.4, 0.5) is 17.1 Å². The van der Waals surface area contributed by atoms with Crippen molar-refractivity contribution in [2.24, 2.45) is 5.73 Å². The molecule has 8 N–H and O–H groups in total. The number of phenolic OH excluding ortho intramolecular Hbond substituents is 1. The van der Waals surface area contributed by atoms with Crippen molar-refractivity contribution in [3.63, 3.8) is 0 Å². The van der Waals surface area contributed by atoms with Crippen molar-refractivity contribution in [3.05, 3.63) is 154 Å². The Morgan fingerprint density at radius 2 is 1.66 bits per heavy atom. The molecule has 318 valence electrons. The number of sulfone groups is 1. The first-order valence-electron chi connectivity index (χ1n) is 20.0. The van der Waals surface area contributed by atoms with Crippen LogP contribution in [0.3, 0.4) is 0 Å². The topological polar surface area (TPSA) is 226 Å². The van der Waals surface area contributed by atoms with E-state index in [1.54, 1.807) is 49.4 Å². The molecular weight excluding hydrogens is 809 g/mol. The van der Waals surface area contributed by atoms with Crippen LogP contribution in [0.5, 0.6) is 11.5 Å². The molecule has 0 saturated heterocycles. The summed E-state index contributed by atoms with van der Waals surface area (Å²) in [5, 5.41) is 31.2. The molecule has 7 rings (SSSR count). The molecule has 2 heterocycles. The third-order valence-corrected chi connectivity index (χ3v) is 12.3. The number of carbonyl (C=O) groups is 2. The summed E-state index contributed by atoms with van der Waals surface area (Å²) < 4.78 is 33.7. The van der Waals surface area contributed by atoms with Crippen molar-refractivity contribution in [2.45, 2.75) is 48.5 Å². The van der Waals surface area contributed by atoms with E-state index in [9.17, 15) is 33.0 Å². The second-order valence-electron chi connectivity index (χ2n) is 14.9. The van der Waals surface area contributed by atoms with Crippen molar-refractivity contribution >= 4 is 60.5 Å². The maximum Gasteiger partial charge on any atom is 0.255 e. The fourth-order valence-corrected chi connectivity index (χ4v) is 8.74. The number of aromatic hydroxyl groups is 1. The number of aryl methyl sites for hydroxylation is 2. The van der Waals surface area contributed by atoms with E-state index in [2.05, 4.69) is 25.9 Å². The zero-order chi connectivity index (χ0) is 44.0. The molecule has 2 amide bonds. The second-order valence-corrected chi connectivity index (χ2v) is 16.9. The molecule has 1 unspecified atom stereocenters. The number of hydrogen-bond donors (Lipinski definition) is 7. The van der Waals surface area contributed by atoms with Gasteiger partial charge in [-0.15, -0.1) is 0 Å². The molecule has 62 heavy (non-hydrogen) atoms. The van der Waals surface area contributed by atoms with E-state index in [4.69, 9.17) is 10.5 Å². The Morgan fingerprint density at radius 1 is 0.871 bits per heavy atom. The van der Waals surface area contributed by atoms with Crippen molar-refractivity contribution in [1.29, 1.82) is 0 Å². The Labute approximate surface area is 357 Å². The quantitative estimate of drug-likeness (QED) is 0.0459. The summed E-state index contributed by atoms with van der Waals surface area (Å²) >= 11 is 0. The Balaban J connectivity index is 0.950. The number of aromatic nitrogens is 2. The molecule has 15 heteroatoms. The van der Waals surface area contributed by atoms with Gasteiger partial charge < -0.3 is 41.6 Å². The van der Waals surface area contributed by atoms with Crippen molar-refractivity contribution in [1.82, 2.24) is 15.3 Å². The van der Waals surface area contributed by atoms with Gasteiger partial charge in [-0.3, -0.25) is 19.4 Å². The lowest BCUT2D eigenvalue weighted by Crippen LogP contribution is -2.22. The molecule has 0 saturated carbocycles. The van der Waals surface area contributed by atoms with Gasteiger partial charge in [-0.25, -0.2) is 8.42 Å². The lowest BCUT2D eigenvalue weighted by Gasteiger charge is -2.16. The van der Waals surface area contributed by atoms with Gasteiger partial charge in [0.05, 0.1) is 45.3 Å². The minimum Gasteiger partial charge on any atom is -0.506 e. The van der Waals surface area contributed by atoms with E-state index < -0.39 is 27.8 Å².